The summed E-state index contributed by atoms with van der Waals surface area (Å²) in [5, 5.41) is 15.5. The Hall–Kier alpha value is -0.528. The van der Waals surface area contributed by atoms with Crippen molar-refractivity contribution in [1.29, 1.82) is 0 Å². The van der Waals surface area contributed by atoms with E-state index in [0.717, 1.165) is 0 Å². The molecule has 0 radical (unpaired) electrons. The Kier molecular flexibility index (Phi) is 2.42. The first-order valence-electron chi connectivity index (χ1n) is 1.26. The van der Waals surface area contributed by atoms with Gasteiger partial charge in [0.2, 0.25) is 0 Å². The molecule has 0 spiro atoms. The Morgan fingerprint density at radius 2 is 1.43 bits per heavy atom. The van der Waals surface area contributed by atoms with Crippen molar-refractivity contribution >= 4 is 9.66 Å². The van der Waals surface area contributed by atoms with Crippen molar-refractivity contribution in [2.24, 2.45) is 0 Å². The standard InChI is InChI=1S/2CHO2.Cr/c2*2-1-3;/h2*(H,2,3);. The summed E-state index contributed by atoms with van der Waals surface area (Å²) in [6, 6.07) is 0. The number of rotatable bonds is 2. The molecular formula is C2H2CrO4. The topological polar surface area (TPSA) is 74.6 Å². The molecule has 40 valence electrons. The minimum absolute atomic E-state index is 1.25. The van der Waals surface area contributed by atoms with Crippen LogP contribution in [0.1, 0.15) is 0 Å². The Morgan fingerprint density at radius 1 is 1.14 bits per heavy atom. The van der Waals surface area contributed by atoms with Gasteiger partial charge in [-0.25, -0.2) is 0 Å². The molecule has 0 aliphatic carbocycles. The van der Waals surface area contributed by atoms with Crippen LogP contribution < -0.4 is 0 Å². The van der Waals surface area contributed by atoms with Gasteiger partial charge in [0.05, 0.1) is 0 Å². The zero-order valence-electron chi connectivity index (χ0n) is 3.12. The average molecular weight is 142 g/mol. The van der Waals surface area contributed by atoms with Crippen molar-refractivity contribution in [2.75, 3.05) is 0 Å². The van der Waals surface area contributed by atoms with Crippen molar-refractivity contribution < 1.29 is 35.0 Å². The van der Waals surface area contributed by atoms with Gasteiger partial charge in [-0.05, 0) is 0 Å². The van der Waals surface area contributed by atoms with Crippen LogP contribution in [0.2, 0.25) is 0 Å². The first-order chi connectivity index (χ1) is 3.13. The number of hydrogen-bond donors (Lipinski definition) is 2. The molecule has 0 rings (SSSR count). The molecule has 0 aliphatic heterocycles. The van der Waals surface area contributed by atoms with Gasteiger partial charge in [-0.3, -0.25) is 0 Å². The molecule has 4 nitrogen and oxygen atoms in total. The van der Waals surface area contributed by atoms with Gasteiger partial charge in [-0.1, -0.05) is 0 Å². The summed E-state index contributed by atoms with van der Waals surface area (Å²) < 4.78 is 0. The van der Waals surface area contributed by atoms with E-state index in [9.17, 15) is 9.59 Å². The maximum absolute atomic E-state index is 9.46. The molecule has 0 saturated carbocycles. The normalized spacial score (nSPS) is 8.00. The molecule has 0 amide bonds. The Balaban J connectivity index is 3.32. The summed E-state index contributed by atoms with van der Waals surface area (Å²) >= 11 is -1.29. The fourth-order valence-electron chi connectivity index (χ4n) is 0.0747. The molecule has 5 heteroatoms. The van der Waals surface area contributed by atoms with Gasteiger partial charge in [-0.15, -0.1) is 0 Å². The summed E-state index contributed by atoms with van der Waals surface area (Å²) in [5.41, 5.74) is 0. The molecule has 0 aromatic heterocycles. The van der Waals surface area contributed by atoms with Crippen LogP contribution in [0.15, 0.2) is 0 Å². The van der Waals surface area contributed by atoms with Crippen LogP contribution >= 0.6 is 0 Å². The van der Waals surface area contributed by atoms with Crippen LogP contribution in [0, 0.1) is 0 Å². The van der Waals surface area contributed by atoms with Gasteiger partial charge < -0.3 is 0 Å². The first kappa shape index (κ1) is 6.47. The van der Waals surface area contributed by atoms with E-state index in [1.54, 1.807) is 0 Å². The van der Waals surface area contributed by atoms with Gasteiger partial charge in [0.25, 0.3) is 0 Å². The van der Waals surface area contributed by atoms with Crippen molar-refractivity contribution in [3.8, 4) is 0 Å². The summed E-state index contributed by atoms with van der Waals surface area (Å²) in [5.74, 6) is 0. The molecule has 2 N–H and O–H groups in total. The average Bonchev–Trinajstić information content (AvgIpc) is 1.27. The second-order valence-corrected chi connectivity index (χ2v) is 2.04. The summed E-state index contributed by atoms with van der Waals surface area (Å²) in [4.78, 5) is 16.4. The summed E-state index contributed by atoms with van der Waals surface area (Å²) in [6.07, 6.45) is 0. The fraction of sp³-hybridized carbons (Fsp3) is 0. The number of hydrogen-bond acceptors (Lipinski definition) is 2. The summed E-state index contributed by atoms with van der Waals surface area (Å²) in [6.45, 7) is 0. The van der Waals surface area contributed by atoms with E-state index in [1.807, 2.05) is 0 Å². The van der Waals surface area contributed by atoms with E-state index < -0.39 is 24.9 Å². The number of carboxylic acid groups (broad SMARTS) is 2. The van der Waals surface area contributed by atoms with Crippen LogP contribution in [0.4, 0.5) is 9.59 Å². The number of carbonyl (C=O) groups is 2. The Bertz CT molecular complexity index is 85.9. The maximum atomic E-state index is 9.46. The third kappa shape index (κ3) is 5.47. The molecule has 0 atom stereocenters. The van der Waals surface area contributed by atoms with Crippen molar-refractivity contribution in [2.45, 2.75) is 0 Å². The second-order valence-electron chi connectivity index (χ2n) is 0.634. The Morgan fingerprint density at radius 3 is 1.43 bits per heavy atom. The van der Waals surface area contributed by atoms with Gasteiger partial charge in [0.15, 0.2) is 0 Å². The molecular weight excluding hydrogens is 140 g/mol. The van der Waals surface area contributed by atoms with Crippen molar-refractivity contribution in [1.82, 2.24) is 0 Å². The van der Waals surface area contributed by atoms with Crippen LogP contribution in [0.5, 0.6) is 0 Å². The molecule has 0 unspecified atom stereocenters. The Labute approximate surface area is 45.5 Å². The van der Waals surface area contributed by atoms with E-state index in [0.29, 0.717) is 0 Å². The van der Waals surface area contributed by atoms with Crippen LogP contribution in [-0.4, -0.2) is 19.9 Å². The van der Waals surface area contributed by atoms with E-state index in [2.05, 4.69) is 0 Å². The predicted molar refractivity (Wildman–Crippen MR) is 16.0 cm³/mol. The molecule has 0 saturated heterocycles. The van der Waals surface area contributed by atoms with E-state index in [4.69, 9.17) is 10.2 Å². The molecule has 0 aromatic rings. The van der Waals surface area contributed by atoms with Gasteiger partial charge in [0.1, 0.15) is 0 Å². The summed E-state index contributed by atoms with van der Waals surface area (Å²) in [7, 11) is 0. The quantitative estimate of drug-likeness (QED) is 0.586. The molecule has 7 heavy (non-hydrogen) atoms. The zero-order valence-corrected chi connectivity index (χ0v) is 4.39. The first-order valence-corrected chi connectivity index (χ1v) is 2.54. The van der Waals surface area contributed by atoms with E-state index in [1.165, 1.54) is 0 Å². The molecule has 0 aromatic carbocycles. The predicted octanol–water partition coefficient (Wildman–Crippen LogP) is 0.425. The molecule has 0 aliphatic rings. The molecule has 0 fully saturated rings. The molecule has 0 heterocycles. The minimum atomic E-state index is -1.29. The third-order valence-electron chi connectivity index (χ3n) is 0.175. The zero-order chi connectivity index (χ0) is 5.86. The second kappa shape index (κ2) is 2.61. The van der Waals surface area contributed by atoms with Gasteiger partial charge in [0, 0.05) is 0 Å². The van der Waals surface area contributed by atoms with E-state index >= 15 is 0 Å². The van der Waals surface area contributed by atoms with E-state index in [-0.39, 0.29) is 0 Å². The van der Waals surface area contributed by atoms with Gasteiger partial charge in [-0.2, -0.15) is 0 Å². The molecule has 0 bridgehead atoms. The van der Waals surface area contributed by atoms with Crippen LogP contribution in [0.3, 0.4) is 0 Å². The van der Waals surface area contributed by atoms with Crippen molar-refractivity contribution in [3.63, 3.8) is 0 Å². The fourth-order valence-corrected chi connectivity index (χ4v) is 0.308. The SMILES string of the molecule is O=[C](O)[Cr][C](=O)O. The monoisotopic (exact) mass is 142 g/mol. The van der Waals surface area contributed by atoms with Crippen LogP contribution in [0.25, 0.3) is 0 Å². The van der Waals surface area contributed by atoms with Crippen LogP contribution in [-0.2, 0) is 15.2 Å². The van der Waals surface area contributed by atoms with Gasteiger partial charge >= 0.3 is 44.7 Å². The third-order valence-corrected chi connectivity index (χ3v) is 0.720. The van der Waals surface area contributed by atoms with Crippen molar-refractivity contribution in [3.05, 3.63) is 0 Å².